The largest absolute Gasteiger partial charge is 0.384 e. The Balaban J connectivity index is 1.74. The number of nitrogens with zero attached hydrogens (tertiary/aromatic N) is 5. The first-order valence-electron chi connectivity index (χ1n) is 9.54. The number of aromatic nitrogens is 3. The van der Waals surface area contributed by atoms with E-state index in [-0.39, 0.29) is 28.0 Å². The molecular weight excluding hydrogens is 426 g/mol. The van der Waals surface area contributed by atoms with E-state index in [2.05, 4.69) is 21.5 Å². The molecule has 1 aliphatic heterocycles. The molecule has 0 atom stereocenters. The average Bonchev–Trinajstić information content (AvgIpc) is 2.77. The van der Waals surface area contributed by atoms with Gasteiger partial charge in [0.15, 0.2) is 0 Å². The Bertz CT molecular complexity index is 1160. The summed E-state index contributed by atoms with van der Waals surface area (Å²) >= 11 is 6.50. The molecule has 160 valence electrons. The van der Waals surface area contributed by atoms with Crippen molar-refractivity contribution < 1.29 is 13.6 Å². The van der Waals surface area contributed by atoms with Crippen LogP contribution in [0.25, 0.3) is 22.2 Å². The number of piperazine rings is 1. The van der Waals surface area contributed by atoms with Crippen molar-refractivity contribution in [1.29, 1.82) is 0 Å². The number of benzene rings is 1. The number of carbonyl (C=O) groups is 1. The Hall–Kier alpha value is -3.33. The number of alkyl halides is 2. The van der Waals surface area contributed by atoms with Gasteiger partial charge in [0.2, 0.25) is 5.91 Å². The number of anilines is 2. The molecule has 0 radical (unpaired) electrons. The van der Waals surface area contributed by atoms with Crippen LogP contribution in [0.2, 0.25) is 5.02 Å². The zero-order valence-electron chi connectivity index (χ0n) is 16.4. The molecule has 1 amide bonds. The van der Waals surface area contributed by atoms with Crippen LogP contribution >= 0.6 is 11.6 Å². The van der Waals surface area contributed by atoms with Gasteiger partial charge in [-0.05, 0) is 30.3 Å². The molecule has 0 bridgehead atoms. The van der Waals surface area contributed by atoms with Crippen molar-refractivity contribution in [2.24, 2.45) is 0 Å². The molecule has 1 aromatic carbocycles. The second-order valence-corrected chi connectivity index (χ2v) is 7.44. The average molecular weight is 445 g/mol. The summed E-state index contributed by atoms with van der Waals surface area (Å²) in [4.78, 5) is 28.4. The Morgan fingerprint density at radius 1 is 1.19 bits per heavy atom. The van der Waals surface area contributed by atoms with Crippen LogP contribution in [0.5, 0.6) is 0 Å². The van der Waals surface area contributed by atoms with Crippen LogP contribution < -0.4 is 10.6 Å². The molecule has 1 saturated heterocycles. The van der Waals surface area contributed by atoms with E-state index >= 15 is 0 Å². The van der Waals surface area contributed by atoms with Gasteiger partial charge in [-0.3, -0.25) is 4.79 Å². The first-order chi connectivity index (χ1) is 14.9. The van der Waals surface area contributed by atoms with Gasteiger partial charge in [-0.25, -0.2) is 23.7 Å². The number of nitrogens with two attached hydrogens (primary N) is 1. The van der Waals surface area contributed by atoms with Gasteiger partial charge in [0.25, 0.3) is 6.43 Å². The molecule has 2 aromatic heterocycles. The Morgan fingerprint density at radius 3 is 2.61 bits per heavy atom. The fourth-order valence-electron chi connectivity index (χ4n) is 3.64. The molecule has 3 aromatic rings. The number of rotatable bonds is 4. The SMILES string of the molecule is C=CC(=O)N1CCN(c2ncnc3cc(-c4nc(N)ccc4C(F)F)c(Cl)cc23)CC1. The van der Waals surface area contributed by atoms with Crippen LogP contribution in [-0.4, -0.2) is 51.9 Å². The van der Waals surface area contributed by atoms with E-state index in [0.717, 1.165) is 0 Å². The van der Waals surface area contributed by atoms with E-state index in [1.54, 1.807) is 17.0 Å². The highest BCUT2D eigenvalue weighted by atomic mass is 35.5. The minimum absolute atomic E-state index is 0.0265. The summed E-state index contributed by atoms with van der Waals surface area (Å²) in [5.74, 6) is 0.675. The van der Waals surface area contributed by atoms with Crippen molar-refractivity contribution in [3.63, 3.8) is 0 Å². The summed E-state index contributed by atoms with van der Waals surface area (Å²) in [6.07, 6.45) is -0.0163. The van der Waals surface area contributed by atoms with E-state index in [9.17, 15) is 13.6 Å². The standard InChI is InChI=1S/C21H19ClF2N6O/c1-2-18(31)29-5-7-30(8-6-29)21-14-9-15(22)13(10-16(14)26-11-27-21)19-12(20(23)24)3-4-17(25)28-19/h2-4,9-11,20H,1,5-8H2,(H2,25,28). The molecule has 2 N–H and O–H groups in total. The predicted molar refractivity (Wildman–Crippen MR) is 116 cm³/mol. The van der Waals surface area contributed by atoms with E-state index < -0.39 is 6.43 Å². The molecule has 7 nitrogen and oxygen atoms in total. The molecular formula is C21H19ClF2N6O. The van der Waals surface area contributed by atoms with Crippen molar-refractivity contribution >= 4 is 40.0 Å². The smallest absolute Gasteiger partial charge is 0.265 e. The molecule has 31 heavy (non-hydrogen) atoms. The van der Waals surface area contributed by atoms with Crippen molar-refractivity contribution in [2.45, 2.75) is 6.43 Å². The summed E-state index contributed by atoms with van der Waals surface area (Å²) in [7, 11) is 0. The molecule has 4 rings (SSSR count). The minimum atomic E-state index is -2.73. The third-order valence-corrected chi connectivity index (χ3v) is 5.52. The summed E-state index contributed by atoms with van der Waals surface area (Å²) in [6, 6.07) is 5.85. The topological polar surface area (TPSA) is 88.2 Å². The predicted octanol–water partition coefficient (Wildman–Crippen LogP) is 3.70. The fraction of sp³-hybridized carbons (Fsp3) is 0.238. The normalized spacial score (nSPS) is 14.3. The first-order valence-corrected chi connectivity index (χ1v) is 9.92. The number of pyridine rings is 1. The Morgan fingerprint density at radius 2 is 1.94 bits per heavy atom. The zero-order chi connectivity index (χ0) is 22.1. The van der Waals surface area contributed by atoms with Gasteiger partial charge < -0.3 is 15.5 Å². The van der Waals surface area contributed by atoms with Crippen molar-refractivity contribution in [1.82, 2.24) is 19.9 Å². The quantitative estimate of drug-likeness (QED) is 0.617. The summed E-state index contributed by atoms with van der Waals surface area (Å²) in [5, 5.41) is 0.922. The first kappa shape index (κ1) is 20.9. The van der Waals surface area contributed by atoms with Crippen LogP contribution in [0.15, 0.2) is 43.2 Å². The van der Waals surface area contributed by atoms with Gasteiger partial charge in [-0.1, -0.05) is 18.2 Å². The Labute approximate surface area is 182 Å². The number of hydrogen-bond acceptors (Lipinski definition) is 6. The highest BCUT2D eigenvalue weighted by Crippen LogP contribution is 2.38. The molecule has 0 spiro atoms. The monoisotopic (exact) mass is 444 g/mol. The van der Waals surface area contributed by atoms with Crippen LogP contribution in [0, 0.1) is 0 Å². The van der Waals surface area contributed by atoms with Gasteiger partial charge in [0, 0.05) is 42.7 Å². The van der Waals surface area contributed by atoms with Crippen molar-refractivity contribution in [3.8, 4) is 11.3 Å². The lowest BCUT2D eigenvalue weighted by Crippen LogP contribution is -2.48. The van der Waals surface area contributed by atoms with Gasteiger partial charge >= 0.3 is 0 Å². The molecule has 10 heteroatoms. The number of nitrogen functional groups attached to an aromatic ring is 1. The Kier molecular flexibility index (Phi) is 5.69. The maximum Gasteiger partial charge on any atom is 0.265 e. The minimum Gasteiger partial charge on any atom is -0.384 e. The summed E-state index contributed by atoms with van der Waals surface area (Å²) < 4.78 is 27.0. The number of amides is 1. The highest BCUT2D eigenvalue weighted by Gasteiger charge is 2.24. The lowest BCUT2D eigenvalue weighted by molar-refractivity contribution is -0.126. The van der Waals surface area contributed by atoms with Crippen LogP contribution in [-0.2, 0) is 4.79 Å². The van der Waals surface area contributed by atoms with Gasteiger partial charge in [0.05, 0.1) is 16.2 Å². The summed E-state index contributed by atoms with van der Waals surface area (Å²) in [5.41, 5.74) is 6.36. The van der Waals surface area contributed by atoms with E-state index in [0.29, 0.717) is 48.5 Å². The highest BCUT2D eigenvalue weighted by molar-refractivity contribution is 6.34. The van der Waals surface area contributed by atoms with Crippen LogP contribution in [0.1, 0.15) is 12.0 Å². The van der Waals surface area contributed by atoms with E-state index in [1.807, 2.05) is 4.90 Å². The van der Waals surface area contributed by atoms with Gasteiger partial charge in [-0.15, -0.1) is 0 Å². The molecule has 0 unspecified atom stereocenters. The lowest BCUT2D eigenvalue weighted by Gasteiger charge is -2.35. The second-order valence-electron chi connectivity index (χ2n) is 7.04. The molecule has 3 heterocycles. The van der Waals surface area contributed by atoms with E-state index in [4.69, 9.17) is 17.3 Å². The van der Waals surface area contributed by atoms with E-state index in [1.165, 1.54) is 24.5 Å². The zero-order valence-corrected chi connectivity index (χ0v) is 17.2. The summed E-state index contributed by atoms with van der Waals surface area (Å²) in [6.45, 7) is 5.75. The number of halogens is 3. The molecule has 0 aliphatic carbocycles. The molecule has 0 saturated carbocycles. The van der Waals surface area contributed by atoms with Crippen LogP contribution in [0.3, 0.4) is 0 Å². The molecule has 1 aliphatic rings. The maximum atomic E-state index is 13.5. The van der Waals surface area contributed by atoms with Crippen molar-refractivity contribution in [2.75, 3.05) is 36.8 Å². The number of hydrogen-bond donors (Lipinski definition) is 1. The third-order valence-electron chi connectivity index (χ3n) is 5.21. The maximum absolute atomic E-state index is 13.5. The van der Waals surface area contributed by atoms with Crippen molar-refractivity contribution in [3.05, 3.63) is 53.8 Å². The third kappa shape index (κ3) is 4.00. The fourth-order valence-corrected chi connectivity index (χ4v) is 3.89. The molecule has 1 fully saturated rings. The van der Waals surface area contributed by atoms with Gasteiger partial charge in [0.1, 0.15) is 18.0 Å². The number of fused-ring (bicyclic) bond motifs is 1. The second kappa shape index (κ2) is 8.43. The number of carbonyl (C=O) groups excluding carboxylic acids is 1. The lowest BCUT2D eigenvalue weighted by atomic mass is 10.0. The van der Waals surface area contributed by atoms with Gasteiger partial charge in [-0.2, -0.15) is 0 Å². The van der Waals surface area contributed by atoms with Crippen LogP contribution in [0.4, 0.5) is 20.4 Å².